The summed E-state index contributed by atoms with van der Waals surface area (Å²) >= 11 is 5.54. The van der Waals surface area contributed by atoms with E-state index in [9.17, 15) is 39.9 Å². The van der Waals surface area contributed by atoms with Crippen molar-refractivity contribution in [1.82, 2.24) is 0 Å². The summed E-state index contributed by atoms with van der Waals surface area (Å²) in [5.74, 6) is -1.09. The van der Waals surface area contributed by atoms with Crippen LogP contribution in [0.25, 0.3) is 0 Å². The molecule has 188 valence electrons. The average molecular weight is 636 g/mol. The normalized spacial score (nSPS) is 12.5. The minimum absolute atomic E-state index is 0.0694. The molecule has 0 unspecified atom stereocenters. The van der Waals surface area contributed by atoms with Gasteiger partial charge in [-0.25, -0.2) is 8.78 Å². The second kappa shape index (κ2) is 9.80. The summed E-state index contributed by atoms with van der Waals surface area (Å²) in [6.45, 7) is 0.0942. The number of amides is 1. The summed E-state index contributed by atoms with van der Waals surface area (Å²) in [6.07, 6.45) is -11.2. The molecule has 0 fully saturated rings. The molecule has 4 nitrogen and oxygen atoms in total. The first-order chi connectivity index (χ1) is 16.1. The van der Waals surface area contributed by atoms with Gasteiger partial charge in [-0.2, -0.15) is 26.3 Å². The molecule has 35 heavy (non-hydrogen) atoms. The first-order valence-corrected chi connectivity index (χ1v) is 10.9. The minimum Gasteiger partial charge on any atom is -0.467 e. The highest BCUT2D eigenvalue weighted by Crippen LogP contribution is 2.54. The Balaban J connectivity index is 1.88. The highest BCUT2D eigenvalue weighted by molar-refractivity contribution is 9.11. The van der Waals surface area contributed by atoms with Crippen LogP contribution in [0.3, 0.4) is 0 Å². The maximum Gasteiger partial charge on any atom is 0.435 e. The molecule has 0 atom stereocenters. The Hall–Kier alpha value is -2.61. The highest BCUT2D eigenvalue weighted by atomic mass is 79.9. The summed E-state index contributed by atoms with van der Waals surface area (Å²) in [5.41, 5.74) is -7.85. The van der Waals surface area contributed by atoms with Gasteiger partial charge in [-0.05, 0) is 74.3 Å². The number of anilines is 2. The largest absolute Gasteiger partial charge is 0.467 e. The van der Waals surface area contributed by atoms with E-state index < -0.39 is 44.3 Å². The van der Waals surface area contributed by atoms with Crippen molar-refractivity contribution in [3.63, 3.8) is 0 Å². The number of furan rings is 1. The van der Waals surface area contributed by atoms with Crippen LogP contribution in [0.15, 0.2) is 62.1 Å². The smallest absolute Gasteiger partial charge is 0.435 e. The molecule has 0 aliphatic carbocycles. The van der Waals surface area contributed by atoms with E-state index in [-0.39, 0.29) is 35.6 Å². The van der Waals surface area contributed by atoms with Crippen LogP contribution in [-0.4, -0.2) is 18.3 Å². The third-order valence-electron chi connectivity index (χ3n) is 4.72. The van der Waals surface area contributed by atoms with Crippen LogP contribution in [0.2, 0.25) is 0 Å². The van der Waals surface area contributed by atoms with Gasteiger partial charge < -0.3 is 15.1 Å². The van der Waals surface area contributed by atoms with Gasteiger partial charge in [-0.1, -0.05) is 0 Å². The van der Waals surface area contributed by atoms with Crippen LogP contribution in [0.5, 0.6) is 0 Å². The zero-order valence-electron chi connectivity index (χ0n) is 16.9. The lowest BCUT2D eigenvalue weighted by molar-refractivity contribution is -0.348. The molecular formula is C21H12Br2F8N2O2. The van der Waals surface area contributed by atoms with E-state index in [1.165, 1.54) is 6.26 Å². The Morgan fingerprint density at radius 2 is 1.51 bits per heavy atom. The van der Waals surface area contributed by atoms with Crippen LogP contribution in [0, 0.1) is 5.82 Å². The molecule has 2 aromatic carbocycles. The Labute approximate surface area is 208 Å². The standard InChI is InChI=1S/C21H12Br2F8N2O2/c22-13-7-11(19(25,20(26,27)28)21(29,30)31)8-14(23)17(13)33-18(34)10-3-4-15(24)16(6-10)32-9-12-2-1-5-35-12/h1-8,32H,9H2,(H,33,34). The summed E-state index contributed by atoms with van der Waals surface area (Å²) in [6, 6.07) is 7.02. The maximum atomic E-state index is 14.4. The Morgan fingerprint density at radius 1 is 0.914 bits per heavy atom. The summed E-state index contributed by atoms with van der Waals surface area (Å²) in [5, 5.41) is 5.01. The number of nitrogens with one attached hydrogen (secondary N) is 2. The monoisotopic (exact) mass is 634 g/mol. The predicted octanol–water partition coefficient (Wildman–Crippen LogP) is 8.10. The molecule has 0 aliphatic heterocycles. The van der Waals surface area contributed by atoms with Gasteiger partial charge in [0.25, 0.3) is 5.91 Å². The zero-order chi connectivity index (χ0) is 26.2. The van der Waals surface area contributed by atoms with E-state index in [1.54, 1.807) is 12.1 Å². The number of hydrogen-bond acceptors (Lipinski definition) is 3. The van der Waals surface area contributed by atoms with Gasteiger partial charge in [-0.15, -0.1) is 0 Å². The van der Waals surface area contributed by atoms with E-state index in [4.69, 9.17) is 4.42 Å². The molecule has 2 N–H and O–H groups in total. The summed E-state index contributed by atoms with van der Waals surface area (Å²) in [7, 11) is 0. The zero-order valence-corrected chi connectivity index (χ0v) is 20.1. The fourth-order valence-corrected chi connectivity index (χ4v) is 4.35. The SMILES string of the molecule is O=C(Nc1c(Br)cc(C(F)(C(F)(F)F)C(F)(F)F)cc1Br)c1ccc(F)c(NCc2ccco2)c1. The first-order valence-electron chi connectivity index (χ1n) is 9.34. The Morgan fingerprint density at radius 3 is 2.03 bits per heavy atom. The number of carbonyl (C=O) groups excluding carboxylic acids is 1. The molecule has 3 rings (SSSR count). The summed E-state index contributed by atoms with van der Waals surface area (Å²) < 4.78 is 111. The molecule has 1 amide bonds. The van der Waals surface area contributed by atoms with Crippen molar-refractivity contribution in [2.75, 3.05) is 10.6 Å². The van der Waals surface area contributed by atoms with Crippen LogP contribution >= 0.6 is 31.9 Å². The molecular weight excluding hydrogens is 624 g/mol. The number of rotatable bonds is 6. The van der Waals surface area contributed by atoms with E-state index in [0.717, 1.165) is 18.2 Å². The number of hydrogen-bond donors (Lipinski definition) is 2. The van der Waals surface area contributed by atoms with Gasteiger partial charge in [0.1, 0.15) is 11.6 Å². The molecule has 0 saturated heterocycles. The van der Waals surface area contributed by atoms with Crippen LogP contribution < -0.4 is 10.6 Å². The number of halogens is 10. The Bertz CT molecular complexity index is 1190. The van der Waals surface area contributed by atoms with Crippen molar-refractivity contribution < 1.29 is 44.3 Å². The van der Waals surface area contributed by atoms with Gasteiger partial charge in [-0.3, -0.25) is 4.79 Å². The van der Waals surface area contributed by atoms with Gasteiger partial charge in [0.05, 0.1) is 24.2 Å². The van der Waals surface area contributed by atoms with E-state index in [0.29, 0.717) is 5.76 Å². The van der Waals surface area contributed by atoms with Gasteiger partial charge in [0.15, 0.2) is 0 Å². The molecule has 14 heteroatoms. The molecule has 0 radical (unpaired) electrons. The van der Waals surface area contributed by atoms with Gasteiger partial charge >= 0.3 is 18.0 Å². The van der Waals surface area contributed by atoms with Gasteiger partial charge in [0.2, 0.25) is 0 Å². The molecule has 1 heterocycles. The number of carbonyl (C=O) groups is 1. The second-order valence-electron chi connectivity index (χ2n) is 7.05. The predicted molar refractivity (Wildman–Crippen MR) is 117 cm³/mol. The first kappa shape index (κ1) is 27.0. The van der Waals surface area contributed by atoms with Gasteiger partial charge in [0, 0.05) is 20.1 Å². The Kier molecular flexibility index (Phi) is 7.56. The average Bonchev–Trinajstić information content (AvgIpc) is 3.26. The van der Waals surface area contributed by atoms with Crippen LogP contribution in [0.4, 0.5) is 46.5 Å². The molecule has 0 bridgehead atoms. The quantitative estimate of drug-likeness (QED) is 0.269. The molecule has 3 aromatic rings. The lowest BCUT2D eigenvalue weighted by atomic mass is 9.94. The van der Waals surface area contributed by atoms with Crippen molar-refractivity contribution in [3.05, 3.63) is 80.4 Å². The number of alkyl halides is 7. The molecule has 0 spiro atoms. The van der Waals surface area contributed by atoms with Crippen LogP contribution in [-0.2, 0) is 12.2 Å². The third kappa shape index (κ3) is 5.47. The maximum absolute atomic E-state index is 14.4. The fraction of sp³-hybridized carbons (Fsp3) is 0.190. The van der Waals surface area contributed by atoms with E-state index in [2.05, 4.69) is 42.5 Å². The lowest BCUT2D eigenvalue weighted by Crippen LogP contribution is -2.50. The molecule has 0 saturated carbocycles. The van der Waals surface area contributed by atoms with E-state index >= 15 is 0 Å². The molecule has 0 aliphatic rings. The molecule has 1 aromatic heterocycles. The van der Waals surface area contributed by atoms with Crippen LogP contribution in [0.1, 0.15) is 21.7 Å². The van der Waals surface area contributed by atoms with E-state index in [1.807, 2.05) is 0 Å². The lowest BCUT2D eigenvalue weighted by Gasteiger charge is -2.31. The fourth-order valence-electron chi connectivity index (χ4n) is 2.96. The topological polar surface area (TPSA) is 54.3 Å². The van der Waals surface area contributed by atoms with Crippen molar-refractivity contribution >= 4 is 49.1 Å². The van der Waals surface area contributed by atoms with Crippen molar-refractivity contribution in [2.45, 2.75) is 24.6 Å². The number of benzene rings is 2. The van der Waals surface area contributed by atoms with Crippen molar-refractivity contribution in [1.29, 1.82) is 0 Å². The third-order valence-corrected chi connectivity index (χ3v) is 5.97. The highest BCUT2D eigenvalue weighted by Gasteiger charge is 2.73. The minimum atomic E-state index is -6.30. The second-order valence-corrected chi connectivity index (χ2v) is 8.76. The summed E-state index contributed by atoms with van der Waals surface area (Å²) in [4.78, 5) is 12.7. The van der Waals surface area contributed by atoms with Crippen molar-refractivity contribution in [3.8, 4) is 0 Å². The van der Waals surface area contributed by atoms with Crippen molar-refractivity contribution in [2.24, 2.45) is 0 Å².